The Kier molecular flexibility index (Phi) is 5.28. The Hall–Kier alpha value is -1.49. The molecule has 0 unspecified atom stereocenters. The Bertz CT molecular complexity index is 500. The van der Waals surface area contributed by atoms with Crippen LogP contribution in [0.3, 0.4) is 0 Å². The first-order chi connectivity index (χ1) is 10.1. The zero-order chi connectivity index (χ0) is 15.3. The Morgan fingerprint density at radius 2 is 2.00 bits per heavy atom. The van der Waals surface area contributed by atoms with Gasteiger partial charge in [0, 0.05) is 0 Å². The lowest BCUT2D eigenvalue weighted by Crippen LogP contribution is -2.45. The molecule has 1 aromatic carbocycles. The van der Waals surface area contributed by atoms with Gasteiger partial charge in [-0.15, -0.1) is 0 Å². The van der Waals surface area contributed by atoms with Gasteiger partial charge in [-0.1, -0.05) is 37.3 Å². The maximum atomic E-state index is 12.5. The van der Waals surface area contributed by atoms with Crippen molar-refractivity contribution in [1.82, 2.24) is 5.32 Å². The molecule has 1 fully saturated rings. The second-order valence-corrected chi connectivity index (χ2v) is 6.69. The molecule has 5 heteroatoms. The fourth-order valence-corrected chi connectivity index (χ4v) is 3.12. The number of carbonyl (C=O) groups excluding carboxylic acids is 1. The minimum atomic E-state index is -0.955. The molecule has 1 amide bonds. The minimum Gasteiger partial charge on any atom is -0.480 e. The van der Waals surface area contributed by atoms with Gasteiger partial charge in [-0.3, -0.25) is 4.79 Å². The van der Waals surface area contributed by atoms with Crippen molar-refractivity contribution < 1.29 is 14.7 Å². The maximum Gasteiger partial charge on any atom is 0.326 e. The smallest absolute Gasteiger partial charge is 0.326 e. The number of aliphatic carboxylic acids is 1. The fourth-order valence-electron chi connectivity index (χ4n) is 2.43. The Morgan fingerprint density at radius 3 is 2.52 bits per heavy atom. The van der Waals surface area contributed by atoms with Crippen LogP contribution in [0.15, 0.2) is 30.3 Å². The van der Waals surface area contributed by atoms with Crippen LogP contribution in [-0.4, -0.2) is 34.5 Å². The standard InChI is InChI=1S/C16H21NO3S/c1-2-21-11-8-13(14(18)19)17-15(20)16(9-10-16)12-6-4-3-5-7-12/h3-7,13H,2,8-11H2,1H3,(H,17,20)(H,18,19)/t13-/m0/s1. The van der Waals surface area contributed by atoms with Crippen molar-refractivity contribution in [3.05, 3.63) is 35.9 Å². The lowest BCUT2D eigenvalue weighted by molar-refractivity contribution is -0.142. The third-order valence-electron chi connectivity index (χ3n) is 3.87. The van der Waals surface area contributed by atoms with Crippen LogP contribution < -0.4 is 5.32 Å². The number of hydrogen-bond acceptors (Lipinski definition) is 3. The van der Waals surface area contributed by atoms with Gasteiger partial charge >= 0.3 is 5.97 Å². The molecule has 1 aromatic rings. The van der Waals surface area contributed by atoms with Crippen molar-refractivity contribution in [2.45, 2.75) is 37.6 Å². The number of rotatable bonds is 8. The van der Waals surface area contributed by atoms with Gasteiger partial charge in [0.15, 0.2) is 0 Å². The molecule has 114 valence electrons. The average molecular weight is 307 g/mol. The summed E-state index contributed by atoms with van der Waals surface area (Å²) in [4.78, 5) is 23.8. The van der Waals surface area contributed by atoms with Gasteiger partial charge in [0.25, 0.3) is 0 Å². The molecule has 0 aliphatic heterocycles. The summed E-state index contributed by atoms with van der Waals surface area (Å²) in [6, 6.07) is 8.83. The van der Waals surface area contributed by atoms with Gasteiger partial charge < -0.3 is 10.4 Å². The fraction of sp³-hybridized carbons (Fsp3) is 0.500. The molecule has 0 aromatic heterocycles. The minimum absolute atomic E-state index is 0.150. The number of carboxylic acids is 1. The van der Waals surface area contributed by atoms with Crippen LogP contribution in [0.5, 0.6) is 0 Å². The molecule has 0 heterocycles. The van der Waals surface area contributed by atoms with Crippen molar-refractivity contribution in [3.63, 3.8) is 0 Å². The number of hydrogen-bond donors (Lipinski definition) is 2. The third-order valence-corrected chi connectivity index (χ3v) is 4.80. The first kappa shape index (κ1) is 15.9. The lowest BCUT2D eigenvalue weighted by Gasteiger charge is -2.20. The van der Waals surface area contributed by atoms with Crippen molar-refractivity contribution in [3.8, 4) is 0 Å². The molecule has 21 heavy (non-hydrogen) atoms. The number of benzene rings is 1. The molecule has 4 nitrogen and oxygen atoms in total. The molecular formula is C16H21NO3S. The highest BCUT2D eigenvalue weighted by Gasteiger charge is 2.51. The van der Waals surface area contributed by atoms with E-state index in [1.165, 1.54) is 0 Å². The maximum absolute atomic E-state index is 12.5. The number of thioether (sulfide) groups is 1. The van der Waals surface area contributed by atoms with E-state index in [1.54, 1.807) is 11.8 Å². The summed E-state index contributed by atoms with van der Waals surface area (Å²) in [6.45, 7) is 2.04. The third kappa shape index (κ3) is 3.79. The van der Waals surface area contributed by atoms with E-state index in [-0.39, 0.29) is 5.91 Å². The predicted molar refractivity (Wildman–Crippen MR) is 84.5 cm³/mol. The van der Waals surface area contributed by atoms with E-state index in [0.717, 1.165) is 29.9 Å². The van der Waals surface area contributed by atoms with Gasteiger partial charge in [0.2, 0.25) is 5.91 Å². The summed E-state index contributed by atoms with van der Waals surface area (Å²) in [7, 11) is 0. The van der Waals surface area contributed by atoms with E-state index in [1.807, 2.05) is 37.3 Å². The van der Waals surface area contributed by atoms with Crippen LogP contribution in [0.4, 0.5) is 0 Å². The van der Waals surface area contributed by atoms with Crippen LogP contribution in [0.1, 0.15) is 31.7 Å². The van der Waals surface area contributed by atoms with Crippen LogP contribution in [0, 0.1) is 0 Å². The summed E-state index contributed by atoms with van der Waals surface area (Å²) in [5.41, 5.74) is 0.474. The van der Waals surface area contributed by atoms with E-state index >= 15 is 0 Å². The molecular weight excluding hydrogens is 286 g/mol. The molecule has 1 aliphatic carbocycles. The summed E-state index contributed by atoms with van der Waals surface area (Å²) in [5, 5.41) is 12.0. The highest BCUT2D eigenvalue weighted by atomic mass is 32.2. The van der Waals surface area contributed by atoms with Gasteiger partial charge in [-0.05, 0) is 36.3 Å². The molecule has 2 N–H and O–H groups in total. The summed E-state index contributed by atoms with van der Waals surface area (Å²) < 4.78 is 0. The number of amides is 1. The van der Waals surface area contributed by atoms with Crippen LogP contribution >= 0.6 is 11.8 Å². The normalized spacial score (nSPS) is 17.0. The zero-order valence-corrected chi connectivity index (χ0v) is 13.0. The number of carbonyl (C=O) groups is 2. The van der Waals surface area contributed by atoms with Crippen molar-refractivity contribution >= 4 is 23.6 Å². The average Bonchev–Trinajstić information content (AvgIpc) is 3.29. The van der Waals surface area contributed by atoms with Gasteiger partial charge in [-0.25, -0.2) is 4.79 Å². The molecule has 0 bridgehead atoms. The van der Waals surface area contributed by atoms with Crippen LogP contribution in [0.25, 0.3) is 0 Å². The van der Waals surface area contributed by atoms with E-state index in [2.05, 4.69) is 5.32 Å². The first-order valence-corrected chi connectivity index (χ1v) is 8.42. The van der Waals surface area contributed by atoms with Gasteiger partial charge in [-0.2, -0.15) is 11.8 Å². The van der Waals surface area contributed by atoms with Crippen LogP contribution in [0.2, 0.25) is 0 Å². The second kappa shape index (κ2) is 6.98. The van der Waals surface area contributed by atoms with Crippen molar-refractivity contribution in [1.29, 1.82) is 0 Å². The van der Waals surface area contributed by atoms with Crippen molar-refractivity contribution in [2.24, 2.45) is 0 Å². The van der Waals surface area contributed by atoms with Gasteiger partial charge in [0.1, 0.15) is 6.04 Å². The molecule has 1 aliphatic rings. The van der Waals surface area contributed by atoms with Gasteiger partial charge in [0.05, 0.1) is 5.41 Å². The topological polar surface area (TPSA) is 66.4 Å². The second-order valence-electron chi connectivity index (χ2n) is 5.30. The molecule has 0 saturated heterocycles. The first-order valence-electron chi connectivity index (χ1n) is 7.27. The highest BCUT2D eigenvalue weighted by Crippen LogP contribution is 2.48. The SMILES string of the molecule is CCSCC[C@H](NC(=O)C1(c2ccccc2)CC1)C(=O)O. The summed E-state index contributed by atoms with van der Waals surface area (Å²) in [5.74, 6) is 0.590. The largest absolute Gasteiger partial charge is 0.480 e. The number of nitrogens with one attached hydrogen (secondary N) is 1. The molecule has 1 saturated carbocycles. The van der Waals surface area contributed by atoms with Crippen molar-refractivity contribution in [2.75, 3.05) is 11.5 Å². The Balaban J connectivity index is 2.00. The molecule has 2 rings (SSSR count). The van der Waals surface area contributed by atoms with E-state index in [4.69, 9.17) is 0 Å². The number of carboxylic acid groups (broad SMARTS) is 1. The molecule has 1 atom stereocenters. The predicted octanol–water partition coefficient (Wildman–Crippen LogP) is 2.43. The summed E-state index contributed by atoms with van der Waals surface area (Å²) in [6.07, 6.45) is 2.04. The lowest BCUT2D eigenvalue weighted by atomic mass is 9.94. The van der Waals surface area contributed by atoms with E-state index in [9.17, 15) is 14.7 Å². The Morgan fingerprint density at radius 1 is 1.33 bits per heavy atom. The summed E-state index contributed by atoms with van der Waals surface area (Å²) >= 11 is 1.69. The van der Waals surface area contributed by atoms with E-state index in [0.29, 0.717) is 6.42 Å². The zero-order valence-electron chi connectivity index (χ0n) is 12.2. The van der Waals surface area contributed by atoms with E-state index < -0.39 is 17.4 Å². The van der Waals surface area contributed by atoms with Crippen LogP contribution in [-0.2, 0) is 15.0 Å². The Labute approximate surface area is 129 Å². The highest BCUT2D eigenvalue weighted by molar-refractivity contribution is 7.99. The molecule has 0 radical (unpaired) electrons. The molecule has 0 spiro atoms. The quantitative estimate of drug-likeness (QED) is 0.724. The monoisotopic (exact) mass is 307 g/mol.